The molecule has 0 aliphatic carbocycles. The van der Waals surface area contributed by atoms with Gasteiger partial charge in [-0.25, -0.2) is 0 Å². The van der Waals surface area contributed by atoms with Crippen molar-refractivity contribution in [3.8, 4) is 11.4 Å². The minimum Gasteiger partial charge on any atom is -0.378 e. The first-order valence-corrected chi connectivity index (χ1v) is 12.3. The molecule has 4 aromatic heterocycles. The minimum atomic E-state index is -0.0206. The highest BCUT2D eigenvalue weighted by atomic mass is 16.5. The minimum absolute atomic E-state index is 0.0206. The third kappa shape index (κ3) is 4.59. The predicted molar refractivity (Wildman–Crippen MR) is 133 cm³/mol. The second-order valence-electron chi connectivity index (χ2n) is 8.82. The van der Waals surface area contributed by atoms with Crippen LogP contribution in [0, 0.1) is 0 Å². The number of nitrogens with one attached hydrogen (secondary N) is 2. The maximum Gasteiger partial charge on any atom is 0.229 e. The first kappa shape index (κ1) is 22.4. The molecular weight excluding hydrogens is 460 g/mol. The normalized spacial score (nSPS) is 18.1. The van der Waals surface area contributed by atoms with E-state index < -0.39 is 0 Å². The molecule has 2 aliphatic heterocycles. The summed E-state index contributed by atoms with van der Waals surface area (Å²) in [6, 6.07) is 5.89. The van der Waals surface area contributed by atoms with Gasteiger partial charge in [0.25, 0.3) is 0 Å². The highest BCUT2D eigenvalue weighted by Gasteiger charge is 2.32. The summed E-state index contributed by atoms with van der Waals surface area (Å²) in [5.41, 5.74) is 2.41. The summed E-state index contributed by atoms with van der Waals surface area (Å²) in [5, 5.41) is 15.0. The lowest BCUT2D eigenvalue weighted by atomic mass is 10.1. The van der Waals surface area contributed by atoms with Gasteiger partial charge in [-0.2, -0.15) is 15.1 Å². The zero-order valence-electron chi connectivity index (χ0n) is 20.1. The number of aromatic nitrogens is 7. The molecule has 1 atom stereocenters. The van der Waals surface area contributed by atoms with Crippen LogP contribution in [0.25, 0.3) is 11.4 Å². The molecule has 0 bridgehead atoms. The molecule has 12 heteroatoms. The van der Waals surface area contributed by atoms with E-state index in [1.165, 1.54) is 0 Å². The van der Waals surface area contributed by atoms with Gasteiger partial charge in [0.1, 0.15) is 23.0 Å². The number of hydrogen-bond donors (Lipinski definition) is 2. The van der Waals surface area contributed by atoms with Crippen molar-refractivity contribution in [1.82, 2.24) is 35.3 Å². The van der Waals surface area contributed by atoms with Crippen LogP contribution in [0.2, 0.25) is 0 Å². The van der Waals surface area contributed by atoms with Crippen molar-refractivity contribution < 1.29 is 9.26 Å². The van der Waals surface area contributed by atoms with Crippen LogP contribution in [0.1, 0.15) is 37.3 Å². The summed E-state index contributed by atoms with van der Waals surface area (Å²) < 4.78 is 11.3. The Labute approximate surface area is 208 Å². The monoisotopic (exact) mass is 488 g/mol. The highest BCUT2D eigenvalue weighted by molar-refractivity contribution is 5.61. The molecule has 186 valence electrons. The fraction of sp³-hybridized carbons (Fsp3) is 0.417. The van der Waals surface area contributed by atoms with Crippen molar-refractivity contribution in [2.45, 2.75) is 32.2 Å². The Balaban J connectivity index is 1.32. The number of aryl methyl sites for hydroxylation is 1. The Morgan fingerprint density at radius 2 is 1.97 bits per heavy atom. The number of H-pyrrole nitrogens is 1. The lowest BCUT2D eigenvalue weighted by Crippen LogP contribution is -2.37. The Morgan fingerprint density at radius 1 is 1.06 bits per heavy atom. The van der Waals surface area contributed by atoms with Crippen LogP contribution in [0.15, 0.2) is 41.3 Å². The smallest absolute Gasteiger partial charge is 0.229 e. The van der Waals surface area contributed by atoms with Crippen molar-refractivity contribution in [2.24, 2.45) is 0 Å². The largest absolute Gasteiger partial charge is 0.378 e. The van der Waals surface area contributed by atoms with Crippen molar-refractivity contribution in [2.75, 3.05) is 48.0 Å². The van der Waals surface area contributed by atoms with Crippen LogP contribution >= 0.6 is 0 Å². The average Bonchev–Trinajstić information content (AvgIpc) is 3.70. The van der Waals surface area contributed by atoms with Crippen molar-refractivity contribution in [3.63, 3.8) is 0 Å². The van der Waals surface area contributed by atoms with E-state index in [9.17, 15) is 0 Å². The third-order valence-electron chi connectivity index (χ3n) is 6.50. The fourth-order valence-electron chi connectivity index (χ4n) is 4.61. The van der Waals surface area contributed by atoms with Crippen LogP contribution in [-0.4, -0.2) is 68.1 Å². The molecule has 2 saturated heterocycles. The SMILES string of the molecule is CCc1cc(Nc2cc(N3CCOCC3)nc(N3CCC[C@H]3c3cc(-c4cnccn4)no3)n2)n[nH]1. The molecule has 0 unspecified atom stereocenters. The van der Waals surface area contributed by atoms with Gasteiger partial charge < -0.3 is 24.4 Å². The van der Waals surface area contributed by atoms with E-state index in [4.69, 9.17) is 19.2 Å². The second kappa shape index (κ2) is 9.90. The van der Waals surface area contributed by atoms with Crippen LogP contribution in [0.5, 0.6) is 0 Å². The standard InChI is InChI=1S/C24H28N10O2/c1-2-16-12-22(31-30-16)27-21-14-23(33-8-10-35-11-9-33)29-24(28-21)34-7-3-4-19(34)20-13-17(32-36-20)18-15-25-5-6-26-18/h5-6,12-15,19H,2-4,7-11H2,1H3,(H2,27,28,29,30,31)/t19-/m0/s1. The number of ether oxygens (including phenoxy) is 1. The molecular formula is C24H28N10O2. The Hall–Kier alpha value is -4.06. The number of nitrogens with zero attached hydrogens (tertiary/aromatic N) is 8. The molecule has 0 saturated carbocycles. The molecule has 0 radical (unpaired) electrons. The van der Waals surface area contributed by atoms with Crippen molar-refractivity contribution in [1.29, 1.82) is 0 Å². The molecule has 0 aromatic carbocycles. The third-order valence-corrected chi connectivity index (χ3v) is 6.50. The topological polar surface area (TPSA) is 134 Å². The van der Waals surface area contributed by atoms with Gasteiger partial charge in [0.05, 0.1) is 25.5 Å². The van der Waals surface area contributed by atoms with Gasteiger partial charge in [-0.3, -0.25) is 15.1 Å². The summed E-state index contributed by atoms with van der Waals surface area (Å²) in [6.45, 7) is 5.83. The highest BCUT2D eigenvalue weighted by Crippen LogP contribution is 2.37. The van der Waals surface area contributed by atoms with E-state index in [2.05, 4.69) is 47.4 Å². The molecule has 4 aromatic rings. The molecule has 2 fully saturated rings. The van der Waals surface area contributed by atoms with E-state index in [0.29, 0.717) is 36.4 Å². The molecule has 0 spiro atoms. The van der Waals surface area contributed by atoms with E-state index in [0.717, 1.165) is 62.0 Å². The van der Waals surface area contributed by atoms with Crippen molar-refractivity contribution >= 4 is 23.4 Å². The molecule has 2 aliphatic rings. The zero-order valence-corrected chi connectivity index (χ0v) is 20.1. The zero-order chi connectivity index (χ0) is 24.3. The molecule has 12 nitrogen and oxygen atoms in total. The summed E-state index contributed by atoms with van der Waals surface area (Å²) in [5.74, 6) is 3.70. The van der Waals surface area contributed by atoms with Crippen molar-refractivity contribution in [3.05, 3.63) is 48.2 Å². The fourth-order valence-corrected chi connectivity index (χ4v) is 4.61. The van der Waals surface area contributed by atoms with Crippen LogP contribution in [0.4, 0.5) is 23.4 Å². The quantitative estimate of drug-likeness (QED) is 0.397. The maximum absolute atomic E-state index is 5.77. The number of morpholine rings is 1. The predicted octanol–water partition coefficient (Wildman–Crippen LogP) is 3.13. The number of anilines is 4. The second-order valence-corrected chi connectivity index (χ2v) is 8.82. The Kier molecular flexibility index (Phi) is 6.16. The van der Waals surface area contributed by atoms with E-state index in [1.54, 1.807) is 18.6 Å². The van der Waals surface area contributed by atoms with E-state index in [-0.39, 0.29) is 6.04 Å². The number of rotatable bonds is 7. The first-order chi connectivity index (χ1) is 17.8. The van der Waals surface area contributed by atoms with Gasteiger partial charge in [0, 0.05) is 55.9 Å². The van der Waals surface area contributed by atoms with E-state index >= 15 is 0 Å². The maximum atomic E-state index is 5.77. The molecule has 2 N–H and O–H groups in total. The van der Waals surface area contributed by atoms with Gasteiger partial charge in [-0.15, -0.1) is 0 Å². The summed E-state index contributed by atoms with van der Waals surface area (Å²) >= 11 is 0. The van der Waals surface area contributed by atoms with Gasteiger partial charge in [0.2, 0.25) is 5.95 Å². The lowest BCUT2D eigenvalue weighted by molar-refractivity contribution is 0.122. The molecule has 6 heterocycles. The van der Waals surface area contributed by atoms with Gasteiger partial charge in [-0.05, 0) is 19.3 Å². The summed E-state index contributed by atoms with van der Waals surface area (Å²) in [6.07, 6.45) is 7.76. The van der Waals surface area contributed by atoms with Crippen LogP contribution in [-0.2, 0) is 11.2 Å². The van der Waals surface area contributed by atoms with Gasteiger partial charge in [-0.1, -0.05) is 12.1 Å². The van der Waals surface area contributed by atoms with Crippen LogP contribution in [0.3, 0.4) is 0 Å². The Bertz CT molecular complexity index is 1300. The number of hydrogen-bond acceptors (Lipinski definition) is 11. The molecule has 36 heavy (non-hydrogen) atoms. The van der Waals surface area contributed by atoms with Crippen LogP contribution < -0.4 is 15.1 Å². The van der Waals surface area contributed by atoms with Gasteiger partial charge >= 0.3 is 0 Å². The molecule has 0 amide bonds. The lowest BCUT2D eigenvalue weighted by Gasteiger charge is -2.30. The average molecular weight is 489 g/mol. The first-order valence-electron chi connectivity index (χ1n) is 12.3. The van der Waals surface area contributed by atoms with Gasteiger partial charge in [0.15, 0.2) is 11.6 Å². The summed E-state index contributed by atoms with van der Waals surface area (Å²) in [4.78, 5) is 22.8. The summed E-state index contributed by atoms with van der Waals surface area (Å²) in [7, 11) is 0. The van der Waals surface area contributed by atoms with E-state index in [1.807, 2.05) is 18.2 Å². The Morgan fingerprint density at radius 3 is 2.78 bits per heavy atom. The molecule has 6 rings (SSSR count). The number of aromatic amines is 1.